The number of hydrogen-bond donors (Lipinski definition) is 2. The number of nitrogens with one attached hydrogen (secondary N) is 2. The van der Waals surface area contributed by atoms with Gasteiger partial charge in [-0.3, -0.25) is 4.98 Å². The zero-order chi connectivity index (χ0) is 21.7. The van der Waals surface area contributed by atoms with Crippen LogP contribution < -0.4 is 10.6 Å². The fourth-order valence-corrected chi connectivity index (χ4v) is 4.80. The van der Waals surface area contributed by atoms with E-state index in [0.29, 0.717) is 11.4 Å². The van der Waals surface area contributed by atoms with Crippen LogP contribution >= 0.6 is 27.5 Å². The summed E-state index contributed by atoms with van der Waals surface area (Å²) in [5, 5.41) is 7.04. The van der Waals surface area contributed by atoms with Crippen LogP contribution in [0.25, 0.3) is 0 Å². The highest BCUT2D eigenvalue weighted by Crippen LogP contribution is 2.34. The van der Waals surface area contributed by atoms with Gasteiger partial charge in [0.15, 0.2) is 0 Å². The molecule has 0 saturated heterocycles. The van der Waals surface area contributed by atoms with Gasteiger partial charge in [0.2, 0.25) is 0 Å². The van der Waals surface area contributed by atoms with Crippen molar-refractivity contribution in [3.8, 4) is 0 Å². The van der Waals surface area contributed by atoms with Crippen LogP contribution in [-0.2, 0) is 12.0 Å². The van der Waals surface area contributed by atoms with E-state index in [0.717, 1.165) is 47.0 Å². The summed E-state index contributed by atoms with van der Waals surface area (Å²) in [6.07, 6.45) is 6.54. The molecule has 1 atom stereocenters. The minimum absolute atomic E-state index is 0.181. The molecule has 160 valence electrons. The van der Waals surface area contributed by atoms with Crippen molar-refractivity contribution in [1.29, 1.82) is 0 Å². The Kier molecular flexibility index (Phi) is 6.93. The Balaban J connectivity index is 1.80. The second kappa shape index (κ2) is 9.84. The van der Waals surface area contributed by atoms with Gasteiger partial charge in [0.05, 0.1) is 10.7 Å². The molecule has 0 bridgehead atoms. The standard InChI is InChI=1S/C25H25BrClN3O/c26-20-10-6-9-19(15-20)25(16-18-7-2-1-3-8-18,23-14-13-21(27)17-28-23)30-24(31)29-22-11-4-5-12-22/h1-3,6-10,13-15,17,22H,4-5,11-12,16H2,(H2,29,30,31). The monoisotopic (exact) mass is 497 g/mol. The molecule has 1 aliphatic carbocycles. The number of rotatable bonds is 6. The van der Waals surface area contributed by atoms with E-state index in [2.05, 4.69) is 43.7 Å². The van der Waals surface area contributed by atoms with Crippen molar-refractivity contribution in [1.82, 2.24) is 15.6 Å². The molecule has 0 radical (unpaired) electrons. The zero-order valence-electron chi connectivity index (χ0n) is 17.2. The Labute approximate surface area is 196 Å². The van der Waals surface area contributed by atoms with Gasteiger partial charge >= 0.3 is 6.03 Å². The van der Waals surface area contributed by atoms with Crippen molar-refractivity contribution in [3.05, 3.63) is 99.2 Å². The lowest BCUT2D eigenvalue weighted by Crippen LogP contribution is -2.54. The van der Waals surface area contributed by atoms with Crippen molar-refractivity contribution in [3.63, 3.8) is 0 Å². The summed E-state index contributed by atoms with van der Waals surface area (Å²) in [7, 11) is 0. The molecule has 1 heterocycles. The van der Waals surface area contributed by atoms with Gasteiger partial charge in [-0.05, 0) is 48.2 Å². The Hall–Kier alpha value is -2.37. The number of aromatic nitrogens is 1. The van der Waals surface area contributed by atoms with Gasteiger partial charge in [0.25, 0.3) is 0 Å². The maximum atomic E-state index is 13.2. The van der Waals surface area contributed by atoms with Gasteiger partial charge in [0, 0.05) is 23.1 Å². The number of carbonyl (C=O) groups is 1. The van der Waals surface area contributed by atoms with Crippen molar-refractivity contribution in [2.45, 2.75) is 43.7 Å². The lowest BCUT2D eigenvalue weighted by atomic mass is 9.80. The molecule has 1 unspecified atom stereocenters. The van der Waals surface area contributed by atoms with E-state index in [-0.39, 0.29) is 12.1 Å². The summed E-state index contributed by atoms with van der Waals surface area (Å²) in [4.78, 5) is 17.9. The van der Waals surface area contributed by atoms with Crippen LogP contribution in [0.3, 0.4) is 0 Å². The smallest absolute Gasteiger partial charge is 0.316 e. The van der Waals surface area contributed by atoms with Crippen LogP contribution in [0.2, 0.25) is 5.02 Å². The molecule has 4 nitrogen and oxygen atoms in total. The molecule has 31 heavy (non-hydrogen) atoms. The SMILES string of the molecule is O=C(NC1CCCC1)NC(Cc1ccccc1)(c1cccc(Br)c1)c1ccc(Cl)cn1. The van der Waals surface area contributed by atoms with E-state index in [1.807, 2.05) is 54.6 Å². The number of hydrogen-bond acceptors (Lipinski definition) is 2. The van der Waals surface area contributed by atoms with E-state index < -0.39 is 5.54 Å². The molecule has 2 N–H and O–H groups in total. The summed E-state index contributed by atoms with van der Waals surface area (Å²) >= 11 is 9.73. The van der Waals surface area contributed by atoms with Gasteiger partial charge in [0.1, 0.15) is 5.54 Å². The second-order valence-electron chi connectivity index (χ2n) is 8.02. The predicted octanol–water partition coefficient (Wildman–Crippen LogP) is 6.23. The van der Waals surface area contributed by atoms with Crippen LogP contribution in [0.4, 0.5) is 4.79 Å². The first-order chi connectivity index (χ1) is 15.0. The Morgan fingerprint density at radius 2 is 1.84 bits per heavy atom. The number of carbonyl (C=O) groups excluding carboxylic acids is 1. The predicted molar refractivity (Wildman–Crippen MR) is 128 cm³/mol. The van der Waals surface area contributed by atoms with Crippen molar-refractivity contribution in [2.24, 2.45) is 0 Å². The highest BCUT2D eigenvalue weighted by Gasteiger charge is 2.38. The first-order valence-corrected chi connectivity index (χ1v) is 11.7. The van der Waals surface area contributed by atoms with E-state index in [4.69, 9.17) is 11.6 Å². The first kappa shape index (κ1) is 21.8. The summed E-state index contributed by atoms with van der Waals surface area (Å²) in [5.74, 6) is 0. The number of pyridine rings is 1. The third-order valence-electron chi connectivity index (χ3n) is 5.81. The Bertz CT molecular complexity index is 1020. The first-order valence-electron chi connectivity index (χ1n) is 10.6. The molecular weight excluding hydrogens is 474 g/mol. The van der Waals surface area contributed by atoms with Crippen LogP contribution in [-0.4, -0.2) is 17.1 Å². The summed E-state index contributed by atoms with van der Waals surface area (Å²) < 4.78 is 0.939. The molecule has 2 aromatic carbocycles. The fraction of sp³-hybridized carbons (Fsp3) is 0.280. The maximum absolute atomic E-state index is 13.2. The van der Waals surface area contributed by atoms with E-state index in [9.17, 15) is 4.79 Å². The molecule has 3 aromatic rings. The Morgan fingerprint density at radius 3 is 2.52 bits per heavy atom. The van der Waals surface area contributed by atoms with E-state index in [1.54, 1.807) is 6.20 Å². The minimum atomic E-state index is -0.863. The number of urea groups is 1. The second-order valence-corrected chi connectivity index (χ2v) is 9.37. The van der Waals surface area contributed by atoms with Gasteiger partial charge in [-0.15, -0.1) is 0 Å². The lowest BCUT2D eigenvalue weighted by Gasteiger charge is -2.36. The van der Waals surface area contributed by atoms with E-state index >= 15 is 0 Å². The summed E-state index contributed by atoms with van der Waals surface area (Å²) in [5.41, 5.74) is 1.92. The molecule has 1 saturated carbocycles. The number of nitrogens with zero attached hydrogens (tertiary/aromatic N) is 1. The minimum Gasteiger partial charge on any atom is -0.335 e. The fourth-order valence-electron chi connectivity index (χ4n) is 4.29. The van der Waals surface area contributed by atoms with Crippen LogP contribution in [0.1, 0.15) is 42.5 Å². The van der Waals surface area contributed by atoms with E-state index in [1.165, 1.54) is 0 Å². The van der Waals surface area contributed by atoms with Crippen molar-refractivity contribution < 1.29 is 4.79 Å². The van der Waals surface area contributed by atoms with Crippen LogP contribution in [0.15, 0.2) is 77.4 Å². The average molecular weight is 499 g/mol. The normalized spacial score (nSPS) is 15.9. The van der Waals surface area contributed by atoms with Crippen molar-refractivity contribution in [2.75, 3.05) is 0 Å². The third-order valence-corrected chi connectivity index (χ3v) is 6.53. The van der Waals surface area contributed by atoms with Crippen LogP contribution in [0.5, 0.6) is 0 Å². The summed E-state index contributed by atoms with van der Waals surface area (Å²) in [6.45, 7) is 0. The van der Waals surface area contributed by atoms with Gasteiger partial charge < -0.3 is 10.6 Å². The highest BCUT2D eigenvalue weighted by atomic mass is 79.9. The molecule has 0 aliphatic heterocycles. The summed E-state index contributed by atoms with van der Waals surface area (Å²) in [6, 6.07) is 21.9. The highest BCUT2D eigenvalue weighted by molar-refractivity contribution is 9.10. The molecular formula is C25H25BrClN3O. The lowest BCUT2D eigenvalue weighted by molar-refractivity contribution is 0.225. The quantitative estimate of drug-likeness (QED) is 0.423. The van der Waals surface area contributed by atoms with Gasteiger partial charge in [-0.1, -0.05) is 82.8 Å². The molecule has 4 rings (SSSR count). The van der Waals surface area contributed by atoms with Gasteiger partial charge in [-0.2, -0.15) is 0 Å². The molecule has 0 spiro atoms. The van der Waals surface area contributed by atoms with Crippen molar-refractivity contribution >= 4 is 33.6 Å². The Morgan fingerprint density at radius 1 is 1.06 bits per heavy atom. The van der Waals surface area contributed by atoms with Crippen LogP contribution in [0, 0.1) is 0 Å². The molecule has 1 aliphatic rings. The topological polar surface area (TPSA) is 54.0 Å². The molecule has 6 heteroatoms. The zero-order valence-corrected chi connectivity index (χ0v) is 19.5. The number of halogens is 2. The maximum Gasteiger partial charge on any atom is 0.316 e. The molecule has 2 amide bonds. The molecule has 1 fully saturated rings. The number of benzene rings is 2. The van der Waals surface area contributed by atoms with Gasteiger partial charge in [-0.25, -0.2) is 4.79 Å². The number of amides is 2. The largest absolute Gasteiger partial charge is 0.335 e. The molecule has 1 aromatic heterocycles. The third kappa shape index (κ3) is 5.28. The average Bonchev–Trinajstić information content (AvgIpc) is 3.27.